The molecule has 2 heterocycles. The number of amides is 1. The first-order chi connectivity index (χ1) is 17.2. The SMILES string of the molecule is COc1ccc(Cn2c(CN3CCC(C(=O)NCc4ccccc4)CC3)nc3ccccc32)cc1. The maximum absolute atomic E-state index is 12.7. The smallest absolute Gasteiger partial charge is 0.223 e. The number of para-hydroxylation sites is 2. The molecule has 1 amide bonds. The van der Waals surface area contributed by atoms with E-state index in [1.54, 1.807) is 7.11 Å². The van der Waals surface area contributed by atoms with Crippen LogP contribution >= 0.6 is 0 Å². The number of likely N-dealkylation sites (tertiary alicyclic amines) is 1. The average molecular weight is 469 g/mol. The summed E-state index contributed by atoms with van der Waals surface area (Å²) in [6.45, 7) is 3.93. The standard InChI is InChI=1S/C29H32N4O2/c1-35-25-13-11-23(12-14-25)20-33-27-10-6-5-9-26(27)31-28(33)21-32-17-15-24(16-18-32)29(34)30-19-22-7-3-2-4-8-22/h2-14,24H,15-21H2,1H3,(H,30,34). The number of benzene rings is 3. The fourth-order valence-electron chi connectivity index (χ4n) is 4.82. The number of aromatic nitrogens is 2. The minimum Gasteiger partial charge on any atom is -0.497 e. The molecule has 180 valence electrons. The molecular weight excluding hydrogens is 436 g/mol. The Morgan fingerprint density at radius 3 is 2.37 bits per heavy atom. The molecule has 4 aromatic rings. The van der Waals surface area contributed by atoms with Crippen molar-refractivity contribution in [2.75, 3.05) is 20.2 Å². The van der Waals surface area contributed by atoms with Crippen molar-refractivity contribution < 1.29 is 9.53 Å². The number of carbonyl (C=O) groups is 1. The number of imidazole rings is 1. The highest BCUT2D eigenvalue weighted by molar-refractivity contribution is 5.78. The van der Waals surface area contributed by atoms with Crippen molar-refractivity contribution >= 4 is 16.9 Å². The molecule has 1 saturated heterocycles. The molecule has 35 heavy (non-hydrogen) atoms. The quantitative estimate of drug-likeness (QED) is 0.410. The summed E-state index contributed by atoms with van der Waals surface area (Å²) in [5.74, 6) is 2.17. The van der Waals surface area contributed by atoms with Gasteiger partial charge in [0.2, 0.25) is 5.91 Å². The second-order valence-corrected chi connectivity index (χ2v) is 9.20. The van der Waals surface area contributed by atoms with Crippen LogP contribution in [0.3, 0.4) is 0 Å². The molecule has 0 bridgehead atoms. The number of carbonyl (C=O) groups excluding carboxylic acids is 1. The van der Waals surface area contributed by atoms with Crippen molar-refractivity contribution in [1.82, 2.24) is 19.8 Å². The number of ether oxygens (including phenoxy) is 1. The summed E-state index contributed by atoms with van der Waals surface area (Å²) in [6, 6.07) is 26.6. The molecule has 0 unspecified atom stereocenters. The van der Waals surface area contributed by atoms with Gasteiger partial charge in [-0.25, -0.2) is 4.98 Å². The van der Waals surface area contributed by atoms with E-state index in [1.807, 2.05) is 48.5 Å². The van der Waals surface area contributed by atoms with Gasteiger partial charge in [-0.3, -0.25) is 9.69 Å². The number of methoxy groups -OCH3 is 1. The number of nitrogens with zero attached hydrogens (tertiary/aromatic N) is 3. The number of rotatable bonds is 8. The van der Waals surface area contributed by atoms with Gasteiger partial charge in [0.05, 0.1) is 24.7 Å². The van der Waals surface area contributed by atoms with Gasteiger partial charge in [-0.1, -0.05) is 54.6 Å². The molecule has 1 N–H and O–H groups in total. The Bertz CT molecular complexity index is 1260. The minimum atomic E-state index is 0.0769. The van der Waals surface area contributed by atoms with Crippen LogP contribution in [0.2, 0.25) is 0 Å². The third kappa shape index (κ3) is 5.54. The zero-order valence-corrected chi connectivity index (χ0v) is 20.2. The summed E-state index contributed by atoms with van der Waals surface area (Å²) in [5, 5.41) is 3.11. The lowest BCUT2D eigenvalue weighted by atomic mass is 9.96. The lowest BCUT2D eigenvalue weighted by Crippen LogP contribution is -2.40. The van der Waals surface area contributed by atoms with Gasteiger partial charge in [0, 0.05) is 19.0 Å². The molecule has 1 aliphatic rings. The van der Waals surface area contributed by atoms with Gasteiger partial charge in [0.1, 0.15) is 11.6 Å². The molecule has 0 radical (unpaired) electrons. The van der Waals surface area contributed by atoms with E-state index in [0.29, 0.717) is 6.54 Å². The van der Waals surface area contributed by atoms with Crippen LogP contribution < -0.4 is 10.1 Å². The molecule has 0 aliphatic carbocycles. The van der Waals surface area contributed by atoms with Crippen LogP contribution in [0.5, 0.6) is 5.75 Å². The Labute approximate surface area is 206 Å². The zero-order chi connectivity index (χ0) is 24.0. The molecule has 3 aromatic carbocycles. The van der Waals surface area contributed by atoms with Gasteiger partial charge in [-0.2, -0.15) is 0 Å². The molecule has 0 spiro atoms. The molecule has 6 heteroatoms. The highest BCUT2D eigenvalue weighted by Gasteiger charge is 2.26. The van der Waals surface area contributed by atoms with Gasteiger partial charge in [0.25, 0.3) is 0 Å². The Kier molecular flexibility index (Phi) is 7.09. The fraction of sp³-hybridized carbons (Fsp3) is 0.310. The monoisotopic (exact) mass is 468 g/mol. The molecule has 1 aliphatic heterocycles. The highest BCUT2D eigenvalue weighted by Crippen LogP contribution is 2.23. The first kappa shape index (κ1) is 23.1. The van der Waals surface area contributed by atoms with Crippen molar-refractivity contribution in [3.05, 3.63) is 95.8 Å². The molecule has 1 aromatic heterocycles. The lowest BCUT2D eigenvalue weighted by Gasteiger charge is -2.31. The van der Waals surface area contributed by atoms with E-state index in [2.05, 4.69) is 45.1 Å². The fourth-order valence-corrected chi connectivity index (χ4v) is 4.82. The van der Waals surface area contributed by atoms with Gasteiger partial charge >= 0.3 is 0 Å². The van der Waals surface area contributed by atoms with Crippen LogP contribution in [0.1, 0.15) is 29.8 Å². The lowest BCUT2D eigenvalue weighted by molar-refractivity contribution is -0.126. The Hall–Kier alpha value is -3.64. The molecule has 1 fully saturated rings. The predicted molar refractivity (Wildman–Crippen MR) is 138 cm³/mol. The van der Waals surface area contributed by atoms with E-state index < -0.39 is 0 Å². The van der Waals surface area contributed by atoms with Crippen molar-refractivity contribution in [2.24, 2.45) is 5.92 Å². The first-order valence-corrected chi connectivity index (χ1v) is 12.3. The maximum Gasteiger partial charge on any atom is 0.223 e. The summed E-state index contributed by atoms with van der Waals surface area (Å²) in [5.41, 5.74) is 4.51. The molecule has 0 saturated carbocycles. The summed E-state index contributed by atoms with van der Waals surface area (Å²) in [7, 11) is 1.69. The van der Waals surface area contributed by atoms with Crippen molar-refractivity contribution in [3.63, 3.8) is 0 Å². The van der Waals surface area contributed by atoms with Crippen LogP contribution in [-0.4, -0.2) is 40.6 Å². The van der Waals surface area contributed by atoms with Gasteiger partial charge in [-0.05, 0) is 61.3 Å². The summed E-state index contributed by atoms with van der Waals surface area (Å²) < 4.78 is 7.62. The first-order valence-electron chi connectivity index (χ1n) is 12.3. The number of hydrogen-bond acceptors (Lipinski definition) is 4. The van der Waals surface area contributed by atoms with E-state index in [1.165, 1.54) is 5.56 Å². The van der Waals surface area contributed by atoms with E-state index in [9.17, 15) is 4.79 Å². The number of fused-ring (bicyclic) bond motifs is 1. The van der Waals surface area contributed by atoms with E-state index in [4.69, 9.17) is 9.72 Å². The van der Waals surface area contributed by atoms with Crippen LogP contribution in [0, 0.1) is 5.92 Å². The second-order valence-electron chi connectivity index (χ2n) is 9.20. The largest absolute Gasteiger partial charge is 0.497 e. The summed E-state index contributed by atoms with van der Waals surface area (Å²) in [4.78, 5) is 20.1. The Morgan fingerprint density at radius 2 is 1.63 bits per heavy atom. The van der Waals surface area contributed by atoms with Crippen molar-refractivity contribution in [2.45, 2.75) is 32.5 Å². The minimum absolute atomic E-state index is 0.0769. The number of nitrogens with one attached hydrogen (secondary N) is 1. The van der Waals surface area contributed by atoms with Crippen molar-refractivity contribution in [3.8, 4) is 5.75 Å². The van der Waals surface area contributed by atoms with Gasteiger partial charge in [0.15, 0.2) is 0 Å². The van der Waals surface area contributed by atoms with Crippen LogP contribution in [0.4, 0.5) is 0 Å². The van der Waals surface area contributed by atoms with Gasteiger partial charge < -0.3 is 14.6 Å². The third-order valence-corrected chi connectivity index (χ3v) is 6.87. The average Bonchev–Trinajstić information content (AvgIpc) is 3.25. The van der Waals surface area contributed by atoms with Crippen LogP contribution in [0.15, 0.2) is 78.9 Å². The zero-order valence-electron chi connectivity index (χ0n) is 20.2. The predicted octanol–water partition coefficient (Wildman–Crippen LogP) is 4.62. The third-order valence-electron chi connectivity index (χ3n) is 6.87. The topological polar surface area (TPSA) is 59.4 Å². The molecule has 6 nitrogen and oxygen atoms in total. The maximum atomic E-state index is 12.7. The normalized spacial score (nSPS) is 14.8. The number of hydrogen-bond donors (Lipinski definition) is 1. The Morgan fingerprint density at radius 1 is 0.914 bits per heavy atom. The highest BCUT2D eigenvalue weighted by atomic mass is 16.5. The van der Waals surface area contributed by atoms with E-state index in [0.717, 1.165) is 67.2 Å². The summed E-state index contributed by atoms with van der Waals surface area (Å²) >= 11 is 0. The van der Waals surface area contributed by atoms with Gasteiger partial charge in [-0.15, -0.1) is 0 Å². The van der Waals surface area contributed by atoms with Crippen LogP contribution in [-0.2, 0) is 24.4 Å². The molecule has 0 atom stereocenters. The van der Waals surface area contributed by atoms with E-state index >= 15 is 0 Å². The molecular formula is C29H32N4O2. The van der Waals surface area contributed by atoms with E-state index in [-0.39, 0.29) is 11.8 Å². The second kappa shape index (κ2) is 10.7. The molecule has 5 rings (SSSR count). The van der Waals surface area contributed by atoms with Crippen molar-refractivity contribution in [1.29, 1.82) is 0 Å². The number of piperidine rings is 1. The van der Waals surface area contributed by atoms with Crippen LogP contribution in [0.25, 0.3) is 11.0 Å². The Balaban J connectivity index is 1.23. The summed E-state index contributed by atoms with van der Waals surface area (Å²) in [6.07, 6.45) is 1.75.